The van der Waals surface area contributed by atoms with Gasteiger partial charge in [0, 0.05) is 0 Å². The summed E-state index contributed by atoms with van der Waals surface area (Å²) in [5.41, 5.74) is 0.160. The van der Waals surface area contributed by atoms with E-state index in [0.717, 1.165) is 18.4 Å². The molecule has 19 heavy (non-hydrogen) atoms. The van der Waals surface area contributed by atoms with Gasteiger partial charge in [-0.2, -0.15) is 0 Å². The van der Waals surface area contributed by atoms with Crippen molar-refractivity contribution in [2.24, 2.45) is 5.41 Å². The maximum Gasteiger partial charge on any atom is 0.317 e. The molecule has 0 bridgehead atoms. The van der Waals surface area contributed by atoms with Crippen molar-refractivity contribution in [2.45, 2.75) is 32.6 Å². The van der Waals surface area contributed by atoms with E-state index in [0.29, 0.717) is 24.2 Å². The Morgan fingerprint density at radius 1 is 1.37 bits per heavy atom. The number of carbonyl (C=O) groups is 2. The molecule has 0 amide bonds. The van der Waals surface area contributed by atoms with Gasteiger partial charge in [0.15, 0.2) is 5.78 Å². The van der Waals surface area contributed by atoms with Crippen molar-refractivity contribution in [3.8, 4) is 5.75 Å². The van der Waals surface area contributed by atoms with Crippen LogP contribution < -0.4 is 4.74 Å². The van der Waals surface area contributed by atoms with E-state index in [1.807, 2.05) is 13.0 Å². The van der Waals surface area contributed by atoms with Crippen LogP contribution >= 0.6 is 0 Å². The quantitative estimate of drug-likeness (QED) is 0.654. The minimum absolute atomic E-state index is 0.321. The largest absolute Gasteiger partial charge is 0.496 e. The monoisotopic (exact) mass is 262 g/mol. The molecule has 1 aromatic carbocycles. The van der Waals surface area contributed by atoms with Crippen molar-refractivity contribution in [2.75, 3.05) is 7.11 Å². The van der Waals surface area contributed by atoms with E-state index in [1.54, 1.807) is 12.1 Å². The number of benzene rings is 1. The van der Waals surface area contributed by atoms with Gasteiger partial charge < -0.3 is 9.84 Å². The zero-order chi connectivity index (χ0) is 14.0. The molecule has 0 aliphatic heterocycles. The SMILES string of the molecule is CCc1ccc(OC)c(C(=O)C2(C(=O)O)CCC2)c1. The van der Waals surface area contributed by atoms with Crippen LogP contribution in [0.15, 0.2) is 18.2 Å². The summed E-state index contributed by atoms with van der Waals surface area (Å²) in [4.78, 5) is 24.0. The number of aliphatic carboxylic acids is 1. The molecule has 1 aliphatic carbocycles. The third-order valence-electron chi connectivity index (χ3n) is 3.97. The number of methoxy groups -OCH3 is 1. The smallest absolute Gasteiger partial charge is 0.317 e. The molecule has 0 heterocycles. The fraction of sp³-hybridized carbons (Fsp3) is 0.467. The number of ketones is 1. The molecule has 0 unspecified atom stereocenters. The Labute approximate surface area is 112 Å². The molecule has 0 spiro atoms. The Hall–Kier alpha value is -1.84. The first-order chi connectivity index (χ1) is 9.05. The number of hydrogen-bond donors (Lipinski definition) is 1. The summed E-state index contributed by atoms with van der Waals surface area (Å²) in [6.07, 6.45) is 2.42. The molecule has 1 aromatic rings. The molecule has 1 N–H and O–H groups in total. The molecule has 2 rings (SSSR count). The predicted molar refractivity (Wildman–Crippen MR) is 70.6 cm³/mol. The van der Waals surface area contributed by atoms with Crippen LogP contribution in [0.25, 0.3) is 0 Å². The van der Waals surface area contributed by atoms with Gasteiger partial charge in [-0.15, -0.1) is 0 Å². The van der Waals surface area contributed by atoms with Crippen LogP contribution in [0.3, 0.4) is 0 Å². The van der Waals surface area contributed by atoms with E-state index in [9.17, 15) is 14.7 Å². The average Bonchev–Trinajstić information content (AvgIpc) is 2.36. The lowest BCUT2D eigenvalue weighted by Crippen LogP contribution is -2.45. The maximum atomic E-state index is 12.6. The summed E-state index contributed by atoms with van der Waals surface area (Å²) in [5.74, 6) is -0.888. The number of carboxylic acids is 1. The van der Waals surface area contributed by atoms with Crippen molar-refractivity contribution in [1.82, 2.24) is 0 Å². The van der Waals surface area contributed by atoms with Crippen LogP contribution in [0.4, 0.5) is 0 Å². The number of Topliss-reactive ketones (excluding diaryl/α,β-unsaturated/α-hetero) is 1. The van der Waals surface area contributed by atoms with Crippen molar-refractivity contribution in [3.63, 3.8) is 0 Å². The second-order valence-electron chi connectivity index (χ2n) is 4.96. The zero-order valence-electron chi connectivity index (χ0n) is 11.2. The number of rotatable bonds is 5. The second kappa shape index (κ2) is 5.03. The van der Waals surface area contributed by atoms with E-state index in [1.165, 1.54) is 7.11 Å². The van der Waals surface area contributed by atoms with Gasteiger partial charge in [0.2, 0.25) is 0 Å². The molecule has 4 heteroatoms. The first-order valence-electron chi connectivity index (χ1n) is 6.50. The van der Waals surface area contributed by atoms with Gasteiger partial charge in [-0.25, -0.2) is 0 Å². The lowest BCUT2D eigenvalue weighted by molar-refractivity contribution is -0.150. The minimum Gasteiger partial charge on any atom is -0.496 e. The Balaban J connectivity index is 2.45. The highest BCUT2D eigenvalue weighted by molar-refractivity contribution is 6.14. The second-order valence-corrected chi connectivity index (χ2v) is 4.96. The molecule has 0 saturated heterocycles. The molecule has 1 saturated carbocycles. The van der Waals surface area contributed by atoms with Gasteiger partial charge >= 0.3 is 5.97 Å². The molecular formula is C15H18O4. The van der Waals surface area contributed by atoms with Crippen LogP contribution in [-0.4, -0.2) is 24.0 Å². The highest BCUT2D eigenvalue weighted by Crippen LogP contribution is 2.45. The van der Waals surface area contributed by atoms with Gasteiger partial charge in [0.1, 0.15) is 11.2 Å². The highest BCUT2D eigenvalue weighted by atomic mass is 16.5. The predicted octanol–water partition coefficient (Wildman–Crippen LogP) is 2.70. The topological polar surface area (TPSA) is 63.6 Å². The molecular weight excluding hydrogens is 244 g/mol. The molecule has 102 valence electrons. The summed E-state index contributed by atoms with van der Waals surface area (Å²) >= 11 is 0. The number of hydrogen-bond acceptors (Lipinski definition) is 3. The van der Waals surface area contributed by atoms with Gasteiger partial charge in [0.05, 0.1) is 12.7 Å². The number of carboxylic acid groups (broad SMARTS) is 1. The van der Waals surface area contributed by atoms with Crippen LogP contribution in [0.2, 0.25) is 0 Å². The molecule has 0 atom stereocenters. The Kier molecular flexibility index (Phi) is 3.60. The summed E-state index contributed by atoms with van der Waals surface area (Å²) < 4.78 is 5.20. The third kappa shape index (κ3) is 2.11. The zero-order valence-corrected chi connectivity index (χ0v) is 11.2. The Morgan fingerprint density at radius 3 is 2.47 bits per heavy atom. The van der Waals surface area contributed by atoms with Gasteiger partial charge in [-0.1, -0.05) is 19.4 Å². The first kappa shape index (κ1) is 13.6. The summed E-state index contributed by atoms with van der Waals surface area (Å²) in [6.45, 7) is 1.99. The van der Waals surface area contributed by atoms with Gasteiger partial charge in [0.25, 0.3) is 0 Å². The van der Waals surface area contributed by atoms with Crippen LogP contribution in [0.1, 0.15) is 42.1 Å². The fourth-order valence-corrected chi connectivity index (χ4v) is 2.48. The normalized spacial score (nSPS) is 16.5. The standard InChI is InChI=1S/C15H18O4/c1-3-10-5-6-12(19-2)11(9-10)13(16)15(14(17)18)7-4-8-15/h5-6,9H,3-4,7-8H2,1-2H3,(H,17,18). The molecule has 1 aliphatic rings. The average molecular weight is 262 g/mol. The Morgan fingerprint density at radius 2 is 2.05 bits per heavy atom. The highest BCUT2D eigenvalue weighted by Gasteiger charge is 2.51. The Bertz CT molecular complexity index is 515. The maximum absolute atomic E-state index is 12.6. The van der Waals surface area contributed by atoms with Gasteiger partial charge in [-0.05, 0) is 37.0 Å². The fourth-order valence-electron chi connectivity index (χ4n) is 2.48. The number of aryl methyl sites for hydroxylation is 1. The summed E-state index contributed by atoms with van der Waals surface area (Å²) in [5, 5.41) is 9.34. The van der Waals surface area contributed by atoms with Crippen molar-refractivity contribution in [3.05, 3.63) is 29.3 Å². The molecule has 4 nitrogen and oxygen atoms in total. The van der Waals surface area contributed by atoms with Gasteiger partial charge in [-0.3, -0.25) is 9.59 Å². The molecule has 1 fully saturated rings. The van der Waals surface area contributed by atoms with Crippen LogP contribution in [-0.2, 0) is 11.2 Å². The minimum atomic E-state index is -1.24. The van der Waals surface area contributed by atoms with Crippen molar-refractivity contribution < 1.29 is 19.4 Å². The number of ether oxygens (including phenoxy) is 1. The molecule has 0 aromatic heterocycles. The summed E-state index contributed by atoms with van der Waals surface area (Å²) in [7, 11) is 1.49. The van der Waals surface area contributed by atoms with Crippen LogP contribution in [0, 0.1) is 5.41 Å². The van der Waals surface area contributed by atoms with Crippen molar-refractivity contribution >= 4 is 11.8 Å². The first-order valence-corrected chi connectivity index (χ1v) is 6.50. The van der Waals surface area contributed by atoms with E-state index >= 15 is 0 Å². The third-order valence-corrected chi connectivity index (χ3v) is 3.97. The van der Waals surface area contributed by atoms with Crippen LogP contribution in [0.5, 0.6) is 5.75 Å². The molecule has 0 radical (unpaired) electrons. The van der Waals surface area contributed by atoms with E-state index < -0.39 is 11.4 Å². The lowest BCUT2D eigenvalue weighted by atomic mass is 9.64. The summed E-state index contributed by atoms with van der Waals surface area (Å²) in [6, 6.07) is 5.38. The van der Waals surface area contributed by atoms with E-state index in [2.05, 4.69) is 0 Å². The number of carbonyl (C=O) groups excluding carboxylic acids is 1. The lowest BCUT2D eigenvalue weighted by Gasteiger charge is -2.36. The van der Waals surface area contributed by atoms with Crippen molar-refractivity contribution in [1.29, 1.82) is 0 Å². The van der Waals surface area contributed by atoms with E-state index in [4.69, 9.17) is 4.74 Å². The van der Waals surface area contributed by atoms with E-state index in [-0.39, 0.29) is 5.78 Å².